The summed E-state index contributed by atoms with van der Waals surface area (Å²) >= 11 is 0. The Balaban J connectivity index is 4.05. The lowest BCUT2D eigenvalue weighted by atomic mass is 10.1. The molecule has 0 aromatic rings. The highest BCUT2D eigenvalue weighted by Gasteiger charge is 2.01. The standard InChI is InChI=1S/C31H50O3/c1-25(2)13-9-15-27(5)17-11-19-29(7)21-23-33-31(32)34-24-22-30(8)20-12-18-28(6)16-10-14-26(3)4/h13-14,17-18,21-22H,9-12,15-16,19-20,23-24H2,1-8H3. The third-order valence-corrected chi connectivity index (χ3v) is 5.51. The van der Waals surface area contributed by atoms with Gasteiger partial charge >= 0.3 is 6.16 Å². The molecular formula is C31H50O3. The van der Waals surface area contributed by atoms with Gasteiger partial charge in [-0.15, -0.1) is 0 Å². The lowest BCUT2D eigenvalue weighted by Crippen LogP contribution is -2.07. The van der Waals surface area contributed by atoms with Gasteiger partial charge in [-0.05, 0) is 119 Å². The van der Waals surface area contributed by atoms with Gasteiger partial charge in [0.1, 0.15) is 13.2 Å². The van der Waals surface area contributed by atoms with E-state index in [1.807, 2.05) is 12.2 Å². The molecule has 0 aliphatic heterocycles. The third kappa shape index (κ3) is 21.6. The van der Waals surface area contributed by atoms with Gasteiger partial charge < -0.3 is 9.47 Å². The highest BCUT2D eigenvalue weighted by molar-refractivity contribution is 5.60. The Kier molecular flexibility index (Phi) is 18.8. The zero-order chi connectivity index (χ0) is 25.8. The van der Waals surface area contributed by atoms with Crippen molar-refractivity contribution in [2.75, 3.05) is 13.2 Å². The topological polar surface area (TPSA) is 35.5 Å². The van der Waals surface area contributed by atoms with Crippen LogP contribution < -0.4 is 0 Å². The van der Waals surface area contributed by atoms with Gasteiger partial charge in [0.2, 0.25) is 0 Å². The van der Waals surface area contributed by atoms with Crippen molar-refractivity contribution in [2.24, 2.45) is 0 Å². The summed E-state index contributed by atoms with van der Waals surface area (Å²) in [5.41, 5.74) is 8.06. The summed E-state index contributed by atoms with van der Waals surface area (Å²) in [6.45, 7) is 17.6. The Labute approximate surface area is 210 Å². The fraction of sp³-hybridized carbons (Fsp3) is 0.581. The SMILES string of the molecule is CC(C)=CCCC(C)=CCCC(C)=CCOC(=O)OCC=C(C)CCC=C(C)CCC=C(C)C. The van der Waals surface area contributed by atoms with Crippen LogP contribution in [-0.2, 0) is 9.47 Å². The molecule has 0 heterocycles. The van der Waals surface area contributed by atoms with Gasteiger partial charge in [0, 0.05) is 0 Å². The summed E-state index contributed by atoms with van der Waals surface area (Å²) in [5, 5.41) is 0. The summed E-state index contributed by atoms with van der Waals surface area (Å²) < 4.78 is 10.3. The van der Waals surface area contributed by atoms with Crippen LogP contribution in [0.4, 0.5) is 4.79 Å². The second-order valence-corrected chi connectivity index (χ2v) is 9.79. The van der Waals surface area contributed by atoms with Crippen LogP contribution in [0.2, 0.25) is 0 Å². The number of rotatable bonds is 16. The van der Waals surface area contributed by atoms with Crippen molar-refractivity contribution in [1.82, 2.24) is 0 Å². The molecule has 0 atom stereocenters. The van der Waals surface area contributed by atoms with Gasteiger partial charge in [-0.1, -0.05) is 57.7 Å². The number of hydrogen-bond acceptors (Lipinski definition) is 3. The van der Waals surface area contributed by atoms with E-state index in [4.69, 9.17) is 9.47 Å². The smallest absolute Gasteiger partial charge is 0.430 e. The minimum absolute atomic E-state index is 0.257. The molecule has 0 N–H and O–H groups in total. The molecule has 34 heavy (non-hydrogen) atoms. The van der Waals surface area contributed by atoms with Crippen LogP contribution in [0.3, 0.4) is 0 Å². The zero-order valence-electron chi connectivity index (χ0n) is 23.3. The van der Waals surface area contributed by atoms with Crippen molar-refractivity contribution >= 4 is 6.16 Å². The molecule has 0 bridgehead atoms. The molecule has 3 nitrogen and oxygen atoms in total. The van der Waals surface area contributed by atoms with E-state index in [0.717, 1.165) is 51.4 Å². The first-order chi connectivity index (χ1) is 16.1. The minimum atomic E-state index is -0.613. The molecule has 0 spiro atoms. The number of ether oxygens (including phenoxy) is 2. The largest absolute Gasteiger partial charge is 0.508 e. The Morgan fingerprint density at radius 1 is 0.471 bits per heavy atom. The van der Waals surface area contributed by atoms with E-state index >= 15 is 0 Å². The molecule has 0 saturated carbocycles. The van der Waals surface area contributed by atoms with Crippen LogP contribution in [0.1, 0.15) is 107 Å². The van der Waals surface area contributed by atoms with Gasteiger partial charge in [-0.3, -0.25) is 0 Å². The molecular weight excluding hydrogens is 420 g/mol. The van der Waals surface area contributed by atoms with Crippen molar-refractivity contribution in [2.45, 2.75) is 107 Å². The second-order valence-electron chi connectivity index (χ2n) is 9.79. The first-order valence-electron chi connectivity index (χ1n) is 12.8. The fourth-order valence-electron chi connectivity index (χ4n) is 3.22. The van der Waals surface area contributed by atoms with E-state index in [0.29, 0.717) is 0 Å². The van der Waals surface area contributed by atoms with Crippen LogP contribution >= 0.6 is 0 Å². The third-order valence-electron chi connectivity index (χ3n) is 5.51. The summed E-state index contributed by atoms with van der Waals surface area (Å²) in [6.07, 6.45) is 20.9. The first-order valence-corrected chi connectivity index (χ1v) is 12.8. The zero-order valence-corrected chi connectivity index (χ0v) is 23.3. The molecule has 0 radical (unpaired) electrons. The molecule has 0 rings (SSSR count). The molecule has 192 valence electrons. The second kappa shape index (κ2) is 20.1. The lowest BCUT2D eigenvalue weighted by molar-refractivity contribution is 0.0715. The van der Waals surface area contributed by atoms with Crippen molar-refractivity contribution in [1.29, 1.82) is 0 Å². The number of hydrogen-bond donors (Lipinski definition) is 0. The number of allylic oxidation sites excluding steroid dienone is 10. The fourth-order valence-corrected chi connectivity index (χ4v) is 3.22. The van der Waals surface area contributed by atoms with E-state index in [-0.39, 0.29) is 13.2 Å². The number of carbonyl (C=O) groups is 1. The van der Waals surface area contributed by atoms with Crippen LogP contribution in [0.5, 0.6) is 0 Å². The monoisotopic (exact) mass is 470 g/mol. The normalized spacial score (nSPS) is 12.9. The Bertz CT molecular complexity index is 700. The predicted octanol–water partition coefficient (Wildman–Crippen LogP) is 9.98. The number of carbonyl (C=O) groups excluding carboxylic acids is 1. The molecule has 0 unspecified atom stereocenters. The van der Waals surface area contributed by atoms with Gasteiger partial charge in [-0.25, -0.2) is 4.79 Å². The van der Waals surface area contributed by atoms with Crippen LogP contribution in [0, 0.1) is 0 Å². The average molecular weight is 471 g/mol. The maximum absolute atomic E-state index is 11.8. The quantitative estimate of drug-likeness (QED) is 0.166. The summed E-state index contributed by atoms with van der Waals surface area (Å²) in [5.74, 6) is 0. The molecule has 0 aliphatic carbocycles. The van der Waals surface area contributed by atoms with E-state index in [2.05, 4.69) is 79.7 Å². The van der Waals surface area contributed by atoms with Crippen molar-refractivity contribution < 1.29 is 14.3 Å². The van der Waals surface area contributed by atoms with Gasteiger partial charge in [-0.2, -0.15) is 0 Å². The highest BCUT2D eigenvalue weighted by atomic mass is 16.7. The van der Waals surface area contributed by atoms with Crippen LogP contribution in [0.25, 0.3) is 0 Å². The Morgan fingerprint density at radius 3 is 1.09 bits per heavy atom. The van der Waals surface area contributed by atoms with E-state index in [1.54, 1.807) is 0 Å². The lowest BCUT2D eigenvalue weighted by Gasteiger charge is -2.05. The maximum atomic E-state index is 11.8. The summed E-state index contributed by atoms with van der Waals surface area (Å²) in [4.78, 5) is 11.8. The highest BCUT2D eigenvalue weighted by Crippen LogP contribution is 2.12. The molecule has 0 aromatic heterocycles. The minimum Gasteiger partial charge on any atom is -0.430 e. The van der Waals surface area contributed by atoms with Crippen molar-refractivity contribution in [3.8, 4) is 0 Å². The van der Waals surface area contributed by atoms with Crippen LogP contribution in [0.15, 0.2) is 69.9 Å². The average Bonchev–Trinajstić information content (AvgIpc) is 2.73. The van der Waals surface area contributed by atoms with Crippen molar-refractivity contribution in [3.05, 3.63) is 69.9 Å². The Morgan fingerprint density at radius 2 is 0.765 bits per heavy atom. The molecule has 0 aromatic carbocycles. The molecule has 0 saturated heterocycles. The molecule has 0 aliphatic rings. The Hall–Kier alpha value is -2.29. The van der Waals surface area contributed by atoms with Gasteiger partial charge in [0.15, 0.2) is 0 Å². The van der Waals surface area contributed by atoms with Gasteiger partial charge in [0.05, 0.1) is 0 Å². The predicted molar refractivity (Wildman–Crippen MR) is 148 cm³/mol. The van der Waals surface area contributed by atoms with Crippen molar-refractivity contribution in [3.63, 3.8) is 0 Å². The van der Waals surface area contributed by atoms with E-state index < -0.39 is 6.16 Å². The maximum Gasteiger partial charge on any atom is 0.508 e. The molecule has 0 fully saturated rings. The summed E-state index contributed by atoms with van der Waals surface area (Å²) in [6, 6.07) is 0. The van der Waals surface area contributed by atoms with Crippen LogP contribution in [-0.4, -0.2) is 19.4 Å². The van der Waals surface area contributed by atoms with E-state index in [1.165, 1.54) is 33.4 Å². The van der Waals surface area contributed by atoms with E-state index in [9.17, 15) is 4.79 Å². The first kappa shape index (κ1) is 31.7. The molecule has 0 amide bonds. The van der Waals surface area contributed by atoms with Gasteiger partial charge in [0.25, 0.3) is 0 Å². The summed E-state index contributed by atoms with van der Waals surface area (Å²) in [7, 11) is 0. The molecule has 3 heteroatoms.